The molecular weight excluding hydrogens is 615 g/mol. The number of aromatic nitrogens is 1. The number of hydrogen-bond donors (Lipinski definition) is 0. The van der Waals surface area contributed by atoms with Crippen LogP contribution in [-0.2, 0) is 16.2 Å². The minimum atomic E-state index is -0.0138. The Morgan fingerprint density at radius 2 is 1.27 bits per heavy atom. The van der Waals surface area contributed by atoms with Crippen LogP contribution in [0.2, 0.25) is 0 Å². The van der Waals surface area contributed by atoms with Crippen molar-refractivity contribution >= 4 is 40.1 Å². The molecule has 2 nitrogen and oxygen atoms in total. The van der Waals surface area contributed by atoms with Crippen LogP contribution in [0, 0.1) is 0 Å². The fraction of sp³-hybridized carbons (Fsp3) is 0.333. The van der Waals surface area contributed by atoms with E-state index in [4.69, 9.17) is 0 Å². The van der Waals surface area contributed by atoms with Gasteiger partial charge in [-0.2, -0.15) is 0 Å². The Hall–Kier alpha value is -4.50. The first-order chi connectivity index (χ1) is 24.3. The van der Waals surface area contributed by atoms with Gasteiger partial charge in [-0.3, -0.25) is 0 Å². The summed E-state index contributed by atoms with van der Waals surface area (Å²) < 4.78 is 2.79. The predicted octanol–water partition coefficient (Wildman–Crippen LogP) is 11.3. The predicted molar refractivity (Wildman–Crippen MR) is 219 cm³/mol. The van der Waals surface area contributed by atoms with E-state index >= 15 is 0 Å². The van der Waals surface area contributed by atoms with Gasteiger partial charge in [0, 0.05) is 44.5 Å². The second-order valence-corrected chi connectivity index (χ2v) is 18.5. The van der Waals surface area contributed by atoms with E-state index in [9.17, 15) is 0 Å². The number of fused-ring (bicyclic) bond motifs is 7. The van der Waals surface area contributed by atoms with E-state index in [1.54, 1.807) is 5.56 Å². The van der Waals surface area contributed by atoms with Crippen molar-refractivity contribution in [2.45, 2.75) is 103 Å². The second-order valence-electron chi connectivity index (χ2n) is 18.5. The number of rotatable bonds is 2. The summed E-state index contributed by atoms with van der Waals surface area (Å²) in [5, 5.41) is 1.36. The SMILES string of the molecule is CC(C)(C)c1cc2c3c(c1)N1c4c(cccc4C4(C)CCCCC14C)B3n1c(-c3ccccc3)c(-c3ccccc3)c3cc(C(C)(C)C)cc-2c31. The maximum atomic E-state index is 2.88. The fourth-order valence-electron chi connectivity index (χ4n) is 10.7. The number of hydrogen-bond acceptors (Lipinski definition) is 1. The Labute approximate surface area is 304 Å². The number of benzene rings is 5. The lowest BCUT2D eigenvalue weighted by molar-refractivity contribution is 0.195. The third-order valence-electron chi connectivity index (χ3n) is 13.6. The average molecular weight is 665 g/mol. The number of para-hydroxylation sites is 1. The minimum Gasteiger partial charge on any atom is -0.375 e. The van der Waals surface area contributed by atoms with Gasteiger partial charge in [-0.25, -0.2) is 0 Å². The molecule has 1 aromatic heterocycles. The van der Waals surface area contributed by atoms with E-state index in [2.05, 4.69) is 168 Å². The van der Waals surface area contributed by atoms with Crippen molar-refractivity contribution in [1.29, 1.82) is 0 Å². The van der Waals surface area contributed by atoms with Gasteiger partial charge in [-0.1, -0.05) is 146 Å². The quantitative estimate of drug-likeness (QED) is 0.167. The van der Waals surface area contributed by atoms with Crippen molar-refractivity contribution in [1.82, 2.24) is 4.48 Å². The monoisotopic (exact) mass is 664 g/mol. The maximum absolute atomic E-state index is 2.88. The zero-order valence-electron chi connectivity index (χ0n) is 31.6. The van der Waals surface area contributed by atoms with E-state index in [-0.39, 0.29) is 28.6 Å². The average Bonchev–Trinajstić information content (AvgIpc) is 3.56. The van der Waals surface area contributed by atoms with E-state index in [0.717, 1.165) is 0 Å². The van der Waals surface area contributed by atoms with Gasteiger partial charge >= 0.3 is 6.85 Å². The van der Waals surface area contributed by atoms with Crippen LogP contribution in [0.4, 0.5) is 11.4 Å². The Morgan fingerprint density at radius 3 is 1.96 bits per heavy atom. The summed E-state index contributed by atoms with van der Waals surface area (Å²) in [7, 11) is 0. The summed E-state index contributed by atoms with van der Waals surface area (Å²) in [5.41, 5.74) is 19.7. The molecule has 6 aromatic rings. The standard InChI is InChI=1S/C48H49BN2/c1-45(2,3)32-27-35-34-26-33(46(4,5)6)29-39-41(34)49(38-23-17-22-37-44(38)50(39)48(8)25-16-15-24-47(37,48)7)51-42(31-20-13-10-14-21-31)40(36(28-32)43(35)51)30-18-11-9-12-19-30/h9-14,17-23,26-29H,15-16,24-25H2,1-8H3. The zero-order valence-corrected chi connectivity index (χ0v) is 31.6. The molecule has 0 saturated heterocycles. The highest BCUT2D eigenvalue weighted by molar-refractivity contribution is 6.89. The van der Waals surface area contributed by atoms with Crippen LogP contribution in [-0.4, -0.2) is 16.9 Å². The summed E-state index contributed by atoms with van der Waals surface area (Å²) in [6, 6.07) is 40.0. The normalized spacial score (nSPS) is 21.5. The topological polar surface area (TPSA) is 8.17 Å². The van der Waals surface area contributed by atoms with Crippen LogP contribution in [0.5, 0.6) is 0 Å². The van der Waals surface area contributed by atoms with Crippen LogP contribution in [0.15, 0.2) is 103 Å². The van der Waals surface area contributed by atoms with Gasteiger partial charge in [0.15, 0.2) is 0 Å². The van der Waals surface area contributed by atoms with Crippen LogP contribution in [0.25, 0.3) is 44.4 Å². The largest absolute Gasteiger partial charge is 0.375 e. The zero-order chi connectivity index (χ0) is 35.2. The minimum absolute atomic E-state index is 0.00190. The van der Waals surface area contributed by atoms with Crippen molar-refractivity contribution in [3.8, 4) is 33.5 Å². The molecule has 0 radical (unpaired) electrons. The van der Waals surface area contributed by atoms with Gasteiger partial charge in [0.25, 0.3) is 0 Å². The van der Waals surface area contributed by atoms with Gasteiger partial charge in [-0.15, -0.1) is 0 Å². The molecule has 254 valence electrons. The van der Waals surface area contributed by atoms with Crippen molar-refractivity contribution in [2.75, 3.05) is 4.90 Å². The van der Waals surface area contributed by atoms with Gasteiger partial charge in [0.05, 0.1) is 5.54 Å². The third-order valence-corrected chi connectivity index (χ3v) is 13.6. The highest BCUT2D eigenvalue weighted by Crippen LogP contribution is 2.62. The van der Waals surface area contributed by atoms with E-state index < -0.39 is 0 Å². The molecule has 2 unspecified atom stereocenters. The highest BCUT2D eigenvalue weighted by atomic mass is 15.3. The van der Waals surface area contributed by atoms with Crippen molar-refractivity contribution in [2.24, 2.45) is 0 Å². The number of anilines is 2. The van der Waals surface area contributed by atoms with Crippen LogP contribution in [0.1, 0.15) is 97.8 Å². The Balaban J connectivity index is 1.45. The van der Waals surface area contributed by atoms with Crippen LogP contribution < -0.4 is 15.8 Å². The maximum Gasteiger partial charge on any atom is 0.333 e. The smallest absolute Gasteiger partial charge is 0.333 e. The third kappa shape index (κ3) is 3.96. The van der Waals surface area contributed by atoms with Crippen LogP contribution >= 0.6 is 0 Å². The molecule has 51 heavy (non-hydrogen) atoms. The second kappa shape index (κ2) is 10.1. The molecule has 0 bridgehead atoms. The molecule has 0 amide bonds. The Kier molecular flexibility index (Phi) is 6.19. The molecule has 1 fully saturated rings. The molecule has 3 aliphatic heterocycles. The molecule has 0 N–H and O–H groups in total. The Morgan fingerprint density at radius 1 is 0.647 bits per heavy atom. The lowest BCUT2D eigenvalue weighted by Crippen LogP contribution is -2.62. The van der Waals surface area contributed by atoms with Crippen molar-refractivity contribution in [3.63, 3.8) is 0 Å². The molecule has 4 heterocycles. The van der Waals surface area contributed by atoms with Crippen molar-refractivity contribution in [3.05, 3.63) is 120 Å². The molecule has 3 heteroatoms. The molecule has 0 spiro atoms. The molecular formula is C48H49BN2. The molecule has 10 rings (SSSR count). The van der Waals surface area contributed by atoms with Gasteiger partial charge in [-0.05, 0) is 93.1 Å². The summed E-state index contributed by atoms with van der Waals surface area (Å²) in [6.07, 6.45) is 5.03. The Bertz CT molecular complexity index is 2420. The van der Waals surface area contributed by atoms with Crippen molar-refractivity contribution < 1.29 is 0 Å². The summed E-state index contributed by atoms with van der Waals surface area (Å²) >= 11 is 0. The molecule has 4 aliphatic rings. The van der Waals surface area contributed by atoms with E-state index in [1.807, 2.05) is 0 Å². The summed E-state index contributed by atoms with van der Waals surface area (Å²) in [5.74, 6) is 0. The molecule has 1 aliphatic carbocycles. The first kappa shape index (κ1) is 31.3. The van der Waals surface area contributed by atoms with E-state index in [0.29, 0.717) is 0 Å². The van der Waals surface area contributed by atoms with Gasteiger partial charge < -0.3 is 9.38 Å². The molecule has 2 atom stereocenters. The van der Waals surface area contributed by atoms with Gasteiger partial charge in [0.1, 0.15) is 0 Å². The van der Waals surface area contributed by atoms with E-state index in [1.165, 1.54) is 104 Å². The number of nitrogens with zero attached hydrogens (tertiary/aromatic N) is 2. The first-order valence-electron chi connectivity index (χ1n) is 19.3. The first-order valence-corrected chi connectivity index (χ1v) is 19.3. The summed E-state index contributed by atoms with van der Waals surface area (Å²) in [6.45, 7) is 19.5. The highest BCUT2D eigenvalue weighted by Gasteiger charge is 2.61. The fourth-order valence-corrected chi connectivity index (χ4v) is 10.7. The lowest BCUT2D eigenvalue weighted by atomic mass is 9.44. The van der Waals surface area contributed by atoms with Gasteiger partial charge in [0.2, 0.25) is 0 Å². The van der Waals surface area contributed by atoms with Crippen LogP contribution in [0.3, 0.4) is 0 Å². The molecule has 5 aromatic carbocycles. The molecule has 1 saturated carbocycles. The lowest BCUT2D eigenvalue weighted by Gasteiger charge is -2.52. The summed E-state index contributed by atoms with van der Waals surface area (Å²) in [4.78, 5) is 2.88.